The Morgan fingerprint density at radius 1 is 1.42 bits per heavy atom. The molecule has 2 rings (SSSR count). The summed E-state index contributed by atoms with van der Waals surface area (Å²) >= 11 is 5.04. The number of ether oxygens (including phenoxy) is 1. The SMILES string of the molecule is CCC(NC)c1nnc(-c2ccc(Br)cc2OC)s1. The quantitative estimate of drug-likeness (QED) is 0.901. The van der Waals surface area contributed by atoms with Crippen molar-refractivity contribution < 1.29 is 4.74 Å². The van der Waals surface area contributed by atoms with E-state index < -0.39 is 0 Å². The van der Waals surface area contributed by atoms with Crippen molar-refractivity contribution in [3.63, 3.8) is 0 Å². The van der Waals surface area contributed by atoms with Gasteiger partial charge in [0.05, 0.1) is 18.7 Å². The van der Waals surface area contributed by atoms with Crippen molar-refractivity contribution in [2.24, 2.45) is 0 Å². The maximum absolute atomic E-state index is 5.40. The van der Waals surface area contributed by atoms with E-state index in [1.54, 1.807) is 18.4 Å². The molecule has 1 unspecified atom stereocenters. The summed E-state index contributed by atoms with van der Waals surface area (Å²) in [6.07, 6.45) is 0.989. The van der Waals surface area contributed by atoms with Crippen molar-refractivity contribution in [2.75, 3.05) is 14.2 Å². The number of halogens is 1. The van der Waals surface area contributed by atoms with E-state index in [1.807, 2.05) is 25.2 Å². The molecule has 1 atom stereocenters. The molecule has 0 aliphatic rings. The molecule has 1 N–H and O–H groups in total. The molecule has 1 aromatic heterocycles. The highest BCUT2D eigenvalue weighted by Crippen LogP contribution is 2.35. The number of hydrogen-bond donors (Lipinski definition) is 1. The van der Waals surface area contributed by atoms with Gasteiger partial charge in [-0.15, -0.1) is 10.2 Å². The fourth-order valence-electron chi connectivity index (χ4n) is 1.83. The molecular formula is C13H16BrN3OS. The number of nitrogens with zero attached hydrogens (tertiary/aromatic N) is 2. The molecule has 0 bridgehead atoms. The Labute approximate surface area is 125 Å². The number of methoxy groups -OCH3 is 1. The lowest BCUT2D eigenvalue weighted by molar-refractivity contribution is 0.416. The van der Waals surface area contributed by atoms with E-state index in [0.717, 1.165) is 32.2 Å². The van der Waals surface area contributed by atoms with Crippen LogP contribution >= 0.6 is 27.3 Å². The van der Waals surface area contributed by atoms with Gasteiger partial charge < -0.3 is 10.1 Å². The Kier molecular flexibility index (Phi) is 4.90. The second-order valence-electron chi connectivity index (χ2n) is 4.04. The van der Waals surface area contributed by atoms with Crippen molar-refractivity contribution >= 4 is 27.3 Å². The third kappa shape index (κ3) is 3.13. The summed E-state index contributed by atoms with van der Waals surface area (Å²) in [4.78, 5) is 0. The summed E-state index contributed by atoms with van der Waals surface area (Å²) in [7, 11) is 3.60. The first kappa shape index (κ1) is 14.4. The lowest BCUT2D eigenvalue weighted by Gasteiger charge is -2.08. The van der Waals surface area contributed by atoms with Crippen molar-refractivity contribution in [3.05, 3.63) is 27.7 Å². The van der Waals surface area contributed by atoms with Crippen LogP contribution in [0.1, 0.15) is 24.4 Å². The molecular weight excluding hydrogens is 326 g/mol. The van der Waals surface area contributed by atoms with Crippen molar-refractivity contribution in [2.45, 2.75) is 19.4 Å². The topological polar surface area (TPSA) is 47.0 Å². The van der Waals surface area contributed by atoms with Gasteiger partial charge in [-0.05, 0) is 31.7 Å². The molecule has 0 saturated heterocycles. The molecule has 102 valence electrons. The molecule has 1 heterocycles. The molecule has 19 heavy (non-hydrogen) atoms. The van der Waals surface area contributed by atoms with E-state index in [1.165, 1.54) is 0 Å². The zero-order valence-corrected chi connectivity index (χ0v) is 13.5. The fraction of sp³-hybridized carbons (Fsp3) is 0.385. The smallest absolute Gasteiger partial charge is 0.151 e. The van der Waals surface area contributed by atoms with Gasteiger partial charge in [0.25, 0.3) is 0 Å². The minimum Gasteiger partial charge on any atom is -0.496 e. The van der Waals surface area contributed by atoms with Gasteiger partial charge in [0.1, 0.15) is 10.8 Å². The van der Waals surface area contributed by atoms with E-state index in [-0.39, 0.29) is 6.04 Å². The van der Waals surface area contributed by atoms with Crippen molar-refractivity contribution in [1.29, 1.82) is 0 Å². The van der Waals surface area contributed by atoms with Gasteiger partial charge in [-0.2, -0.15) is 0 Å². The van der Waals surface area contributed by atoms with E-state index in [9.17, 15) is 0 Å². The van der Waals surface area contributed by atoms with Crippen molar-refractivity contribution in [1.82, 2.24) is 15.5 Å². The van der Waals surface area contributed by atoms with Crippen LogP contribution in [-0.4, -0.2) is 24.4 Å². The zero-order chi connectivity index (χ0) is 13.8. The van der Waals surface area contributed by atoms with Gasteiger partial charge in [0.2, 0.25) is 0 Å². The molecule has 4 nitrogen and oxygen atoms in total. The minimum absolute atomic E-state index is 0.257. The fourth-order valence-corrected chi connectivity index (χ4v) is 3.24. The molecule has 0 amide bonds. The Balaban J connectivity index is 2.37. The minimum atomic E-state index is 0.257. The molecule has 6 heteroatoms. The zero-order valence-electron chi connectivity index (χ0n) is 11.1. The lowest BCUT2D eigenvalue weighted by atomic mass is 10.2. The van der Waals surface area contributed by atoms with Gasteiger partial charge in [0, 0.05) is 4.47 Å². The molecule has 2 aromatic rings. The highest BCUT2D eigenvalue weighted by Gasteiger charge is 2.16. The molecule has 0 saturated carbocycles. The molecule has 0 aliphatic carbocycles. The normalized spacial score (nSPS) is 12.4. The second kappa shape index (κ2) is 6.45. The number of aromatic nitrogens is 2. The summed E-state index contributed by atoms with van der Waals surface area (Å²) in [5.41, 5.74) is 0.973. The van der Waals surface area contributed by atoms with Crippen LogP contribution in [-0.2, 0) is 0 Å². The van der Waals surface area contributed by atoms with Crippen LogP contribution in [0.25, 0.3) is 10.6 Å². The van der Waals surface area contributed by atoms with Gasteiger partial charge in [-0.1, -0.05) is 34.2 Å². The van der Waals surface area contributed by atoms with Gasteiger partial charge in [0.15, 0.2) is 5.01 Å². The van der Waals surface area contributed by atoms with Crippen LogP contribution in [0.5, 0.6) is 5.75 Å². The van der Waals surface area contributed by atoms with Crippen LogP contribution in [0.15, 0.2) is 22.7 Å². The third-order valence-corrected chi connectivity index (χ3v) is 4.45. The molecule has 0 aliphatic heterocycles. The van der Waals surface area contributed by atoms with E-state index in [4.69, 9.17) is 4.74 Å². The largest absolute Gasteiger partial charge is 0.496 e. The van der Waals surface area contributed by atoms with E-state index >= 15 is 0 Å². The average molecular weight is 342 g/mol. The first-order valence-corrected chi connectivity index (χ1v) is 7.65. The summed E-state index contributed by atoms with van der Waals surface area (Å²) in [6, 6.07) is 6.17. The first-order valence-electron chi connectivity index (χ1n) is 6.04. The van der Waals surface area contributed by atoms with Gasteiger partial charge in [-0.3, -0.25) is 0 Å². The van der Waals surface area contributed by atoms with E-state index in [2.05, 4.69) is 38.4 Å². The monoisotopic (exact) mass is 341 g/mol. The predicted molar refractivity (Wildman–Crippen MR) is 81.7 cm³/mol. The maximum atomic E-state index is 5.40. The Bertz CT molecular complexity index is 555. The maximum Gasteiger partial charge on any atom is 0.151 e. The van der Waals surface area contributed by atoms with Crippen LogP contribution in [0.4, 0.5) is 0 Å². The molecule has 0 fully saturated rings. The summed E-state index contributed by atoms with van der Waals surface area (Å²) in [5, 5.41) is 13.7. The highest BCUT2D eigenvalue weighted by molar-refractivity contribution is 9.10. The van der Waals surface area contributed by atoms with E-state index in [0.29, 0.717) is 0 Å². The molecule has 0 spiro atoms. The Hall–Kier alpha value is -0.980. The predicted octanol–water partition coefficient (Wildman–Crippen LogP) is 3.65. The number of rotatable bonds is 5. The molecule has 1 aromatic carbocycles. The summed E-state index contributed by atoms with van der Waals surface area (Å²) < 4.78 is 6.38. The van der Waals surface area contributed by atoms with Crippen LogP contribution in [0.3, 0.4) is 0 Å². The van der Waals surface area contributed by atoms with Gasteiger partial charge >= 0.3 is 0 Å². The number of benzene rings is 1. The highest BCUT2D eigenvalue weighted by atomic mass is 79.9. The number of nitrogens with one attached hydrogen (secondary N) is 1. The number of hydrogen-bond acceptors (Lipinski definition) is 5. The second-order valence-corrected chi connectivity index (χ2v) is 5.96. The van der Waals surface area contributed by atoms with Crippen LogP contribution < -0.4 is 10.1 Å². The van der Waals surface area contributed by atoms with Crippen LogP contribution in [0, 0.1) is 0 Å². The average Bonchev–Trinajstić information content (AvgIpc) is 2.89. The van der Waals surface area contributed by atoms with Gasteiger partial charge in [-0.25, -0.2) is 0 Å². The summed E-state index contributed by atoms with van der Waals surface area (Å²) in [6.45, 7) is 2.13. The Morgan fingerprint density at radius 3 is 2.84 bits per heavy atom. The summed E-state index contributed by atoms with van der Waals surface area (Å²) in [5.74, 6) is 0.801. The molecule has 0 radical (unpaired) electrons. The lowest BCUT2D eigenvalue weighted by Crippen LogP contribution is -2.14. The first-order chi connectivity index (χ1) is 9.19. The van der Waals surface area contributed by atoms with Crippen molar-refractivity contribution in [3.8, 4) is 16.3 Å². The third-order valence-electron chi connectivity index (χ3n) is 2.89. The van der Waals surface area contributed by atoms with Crippen LogP contribution in [0.2, 0.25) is 0 Å². The Morgan fingerprint density at radius 2 is 2.21 bits per heavy atom. The standard InChI is InChI=1S/C13H16BrN3OS/c1-4-10(15-2)13-17-16-12(19-13)9-6-5-8(14)7-11(9)18-3/h5-7,10,15H,4H2,1-3H3.